The summed E-state index contributed by atoms with van der Waals surface area (Å²) in [7, 11) is 2.89. The third kappa shape index (κ3) is 4.83. The number of para-hydroxylation sites is 2. The molecule has 8 nitrogen and oxygen atoms in total. The van der Waals surface area contributed by atoms with E-state index < -0.39 is 10.0 Å². The van der Waals surface area contributed by atoms with Crippen LogP contribution in [-0.2, 0) is 16.6 Å². The normalized spacial score (nSPS) is 11.0. The second kappa shape index (κ2) is 9.69. The number of amides is 1. The Hall–Kier alpha value is -3.59. The van der Waals surface area contributed by atoms with Crippen LogP contribution in [-0.4, -0.2) is 47.6 Å². The van der Waals surface area contributed by atoms with Crippen molar-refractivity contribution in [3.63, 3.8) is 0 Å². The number of nitrogens with one attached hydrogen (secondary N) is 1. The first-order valence-electron chi connectivity index (χ1n) is 9.87. The Labute approximate surface area is 188 Å². The molecule has 9 heteroatoms. The van der Waals surface area contributed by atoms with E-state index in [1.165, 1.54) is 38.4 Å². The standard InChI is InChI=1S/C23H26N4O4S/c1-26(2)22-18(8-7-15-24-22)16-25-23(28)17-11-13-19(14-12-17)32(29,30)27(3)20-9-5-6-10-21(20)31-4/h5-15H,16H2,1-4H3,(H,25,28). The molecule has 0 saturated carbocycles. The van der Waals surface area contributed by atoms with E-state index in [1.54, 1.807) is 30.5 Å². The van der Waals surface area contributed by atoms with Crippen molar-refractivity contribution in [2.45, 2.75) is 11.4 Å². The molecule has 0 saturated heterocycles. The van der Waals surface area contributed by atoms with E-state index in [1.807, 2.05) is 31.1 Å². The molecule has 0 atom stereocenters. The summed E-state index contributed by atoms with van der Waals surface area (Å²) in [5.41, 5.74) is 1.66. The van der Waals surface area contributed by atoms with Crippen LogP contribution >= 0.6 is 0 Å². The van der Waals surface area contributed by atoms with Gasteiger partial charge in [-0.3, -0.25) is 9.10 Å². The molecule has 0 aliphatic rings. The zero-order valence-electron chi connectivity index (χ0n) is 18.4. The Bertz CT molecular complexity index is 1190. The van der Waals surface area contributed by atoms with Crippen LogP contribution in [0.3, 0.4) is 0 Å². The molecule has 1 heterocycles. The fourth-order valence-corrected chi connectivity index (χ4v) is 4.41. The molecule has 0 fully saturated rings. The lowest BCUT2D eigenvalue weighted by atomic mass is 10.2. The zero-order valence-corrected chi connectivity index (χ0v) is 19.3. The van der Waals surface area contributed by atoms with Crippen molar-refractivity contribution >= 4 is 27.4 Å². The quantitative estimate of drug-likeness (QED) is 0.563. The van der Waals surface area contributed by atoms with Crippen molar-refractivity contribution in [1.82, 2.24) is 10.3 Å². The highest BCUT2D eigenvalue weighted by Gasteiger charge is 2.24. The highest BCUT2D eigenvalue weighted by molar-refractivity contribution is 7.92. The summed E-state index contributed by atoms with van der Waals surface area (Å²) in [6.45, 7) is 0.302. The van der Waals surface area contributed by atoms with Gasteiger partial charge in [-0.2, -0.15) is 0 Å². The van der Waals surface area contributed by atoms with Gasteiger partial charge >= 0.3 is 0 Å². The average molecular weight is 455 g/mol. The Morgan fingerprint density at radius 2 is 1.69 bits per heavy atom. The lowest BCUT2D eigenvalue weighted by Gasteiger charge is -2.21. The molecule has 2 aromatic carbocycles. The van der Waals surface area contributed by atoms with Crippen molar-refractivity contribution in [2.24, 2.45) is 0 Å². The summed E-state index contributed by atoms with van der Waals surface area (Å²) >= 11 is 0. The number of aromatic nitrogens is 1. The Balaban J connectivity index is 1.75. The molecule has 32 heavy (non-hydrogen) atoms. The number of methoxy groups -OCH3 is 1. The first-order valence-corrected chi connectivity index (χ1v) is 11.3. The minimum atomic E-state index is -3.83. The van der Waals surface area contributed by atoms with E-state index in [2.05, 4.69) is 10.3 Å². The van der Waals surface area contributed by atoms with Crippen LogP contribution in [0.15, 0.2) is 71.8 Å². The van der Waals surface area contributed by atoms with Crippen molar-refractivity contribution < 1.29 is 17.9 Å². The third-order valence-electron chi connectivity index (χ3n) is 4.93. The molecule has 0 aliphatic heterocycles. The van der Waals surface area contributed by atoms with E-state index in [-0.39, 0.29) is 10.8 Å². The molecule has 1 amide bonds. The maximum absolute atomic E-state index is 13.1. The largest absolute Gasteiger partial charge is 0.495 e. The molecular weight excluding hydrogens is 428 g/mol. The number of pyridine rings is 1. The Kier molecular flexibility index (Phi) is 6.99. The van der Waals surface area contributed by atoms with Gasteiger partial charge in [0.25, 0.3) is 15.9 Å². The SMILES string of the molecule is COc1ccccc1N(C)S(=O)(=O)c1ccc(C(=O)NCc2cccnc2N(C)C)cc1. The van der Waals surface area contributed by atoms with Crippen LogP contribution in [0, 0.1) is 0 Å². The second-order valence-corrected chi connectivity index (χ2v) is 9.20. The summed E-state index contributed by atoms with van der Waals surface area (Å²) in [6.07, 6.45) is 1.70. The van der Waals surface area contributed by atoms with E-state index in [0.717, 1.165) is 15.7 Å². The zero-order chi connectivity index (χ0) is 23.3. The second-order valence-electron chi connectivity index (χ2n) is 7.23. The number of carbonyl (C=O) groups is 1. The van der Waals surface area contributed by atoms with Crippen molar-refractivity contribution in [3.05, 3.63) is 78.0 Å². The number of sulfonamides is 1. The highest BCUT2D eigenvalue weighted by Crippen LogP contribution is 2.30. The number of ether oxygens (including phenoxy) is 1. The minimum absolute atomic E-state index is 0.0737. The van der Waals surface area contributed by atoms with Gasteiger partial charge in [0.1, 0.15) is 11.6 Å². The van der Waals surface area contributed by atoms with Gasteiger partial charge < -0.3 is 15.0 Å². The van der Waals surface area contributed by atoms with E-state index in [0.29, 0.717) is 23.5 Å². The van der Waals surface area contributed by atoms with Gasteiger partial charge in [0, 0.05) is 45.0 Å². The first-order chi connectivity index (χ1) is 15.3. The number of hydrogen-bond acceptors (Lipinski definition) is 6. The summed E-state index contributed by atoms with van der Waals surface area (Å²) in [6, 6.07) is 16.4. The first kappa shape index (κ1) is 23.1. The van der Waals surface area contributed by atoms with Crippen LogP contribution in [0.4, 0.5) is 11.5 Å². The van der Waals surface area contributed by atoms with E-state index in [9.17, 15) is 13.2 Å². The van der Waals surface area contributed by atoms with Crippen LogP contribution in [0.25, 0.3) is 0 Å². The number of hydrogen-bond donors (Lipinski definition) is 1. The van der Waals surface area contributed by atoms with Gasteiger partial charge in [0.2, 0.25) is 0 Å². The third-order valence-corrected chi connectivity index (χ3v) is 6.72. The number of anilines is 2. The average Bonchev–Trinajstić information content (AvgIpc) is 2.82. The Morgan fingerprint density at radius 3 is 2.34 bits per heavy atom. The number of rotatable bonds is 8. The van der Waals surface area contributed by atoms with Crippen LogP contribution in [0.1, 0.15) is 15.9 Å². The lowest BCUT2D eigenvalue weighted by molar-refractivity contribution is 0.0951. The molecular formula is C23H26N4O4S. The summed E-state index contributed by atoms with van der Waals surface area (Å²) in [5, 5.41) is 2.85. The van der Waals surface area contributed by atoms with Gasteiger partial charge in [0.15, 0.2) is 0 Å². The van der Waals surface area contributed by atoms with Gasteiger partial charge in [0.05, 0.1) is 17.7 Å². The topological polar surface area (TPSA) is 91.8 Å². The van der Waals surface area contributed by atoms with Crippen LogP contribution in [0.2, 0.25) is 0 Å². The predicted octanol–water partition coefficient (Wildman–Crippen LogP) is 2.91. The summed E-state index contributed by atoms with van der Waals surface area (Å²) in [4.78, 5) is 18.8. The monoisotopic (exact) mass is 454 g/mol. The lowest BCUT2D eigenvalue weighted by Crippen LogP contribution is -2.27. The fraction of sp³-hybridized carbons (Fsp3) is 0.217. The van der Waals surface area contributed by atoms with Crippen LogP contribution < -0.4 is 19.3 Å². The van der Waals surface area contributed by atoms with Crippen LogP contribution in [0.5, 0.6) is 5.75 Å². The van der Waals surface area contributed by atoms with E-state index >= 15 is 0 Å². The summed E-state index contributed by atoms with van der Waals surface area (Å²) in [5.74, 6) is 0.913. The van der Waals surface area contributed by atoms with Crippen molar-refractivity contribution in [3.8, 4) is 5.75 Å². The van der Waals surface area contributed by atoms with Gasteiger partial charge in [-0.1, -0.05) is 18.2 Å². The van der Waals surface area contributed by atoms with Crippen molar-refractivity contribution in [2.75, 3.05) is 37.5 Å². The fourth-order valence-electron chi connectivity index (χ4n) is 3.20. The van der Waals surface area contributed by atoms with Gasteiger partial charge in [-0.25, -0.2) is 13.4 Å². The number of benzene rings is 2. The minimum Gasteiger partial charge on any atom is -0.495 e. The molecule has 1 aromatic heterocycles. The maximum atomic E-state index is 13.1. The Morgan fingerprint density at radius 1 is 1.00 bits per heavy atom. The maximum Gasteiger partial charge on any atom is 0.264 e. The van der Waals surface area contributed by atoms with Gasteiger partial charge in [-0.05, 0) is 42.5 Å². The molecule has 0 bridgehead atoms. The smallest absolute Gasteiger partial charge is 0.264 e. The molecule has 168 valence electrons. The molecule has 0 aliphatic carbocycles. The molecule has 1 N–H and O–H groups in total. The predicted molar refractivity (Wildman–Crippen MR) is 125 cm³/mol. The van der Waals surface area contributed by atoms with Gasteiger partial charge in [-0.15, -0.1) is 0 Å². The molecule has 0 spiro atoms. The molecule has 3 rings (SSSR count). The number of carbonyl (C=O) groups excluding carboxylic acids is 1. The summed E-state index contributed by atoms with van der Waals surface area (Å²) < 4.78 is 32.5. The molecule has 0 radical (unpaired) electrons. The molecule has 0 unspecified atom stereocenters. The highest BCUT2D eigenvalue weighted by atomic mass is 32.2. The van der Waals surface area contributed by atoms with E-state index in [4.69, 9.17) is 4.74 Å². The molecule has 3 aromatic rings. The van der Waals surface area contributed by atoms with Crippen molar-refractivity contribution in [1.29, 1.82) is 0 Å². The number of nitrogens with zero attached hydrogens (tertiary/aromatic N) is 3.